The van der Waals surface area contributed by atoms with Gasteiger partial charge in [0.25, 0.3) is 5.56 Å². The average molecular weight is 383 g/mol. The molecule has 0 aliphatic carbocycles. The maximum atomic E-state index is 12.0. The fourth-order valence-electron chi connectivity index (χ4n) is 2.25. The minimum atomic E-state index is -0.144. The van der Waals surface area contributed by atoms with Crippen molar-refractivity contribution in [3.05, 3.63) is 81.3 Å². The number of rotatable bonds is 5. The number of hydrogen-bond donors (Lipinski definition) is 1. The van der Waals surface area contributed by atoms with E-state index in [1.54, 1.807) is 18.2 Å². The van der Waals surface area contributed by atoms with Crippen molar-refractivity contribution >= 4 is 39.0 Å². The lowest BCUT2D eigenvalue weighted by Crippen LogP contribution is -2.09. The van der Waals surface area contributed by atoms with Gasteiger partial charge < -0.3 is 9.72 Å². The molecule has 0 saturated carbocycles. The summed E-state index contributed by atoms with van der Waals surface area (Å²) in [5.74, 6) is 1.27. The maximum Gasteiger partial charge on any atom is 0.259 e. The molecule has 0 fully saturated rings. The second-order valence-corrected chi connectivity index (χ2v) is 5.95. The Labute approximate surface area is 147 Å². The number of aromatic amines is 1. The van der Waals surface area contributed by atoms with E-state index in [1.165, 1.54) is 0 Å². The molecule has 0 bridgehead atoms. The summed E-state index contributed by atoms with van der Waals surface area (Å²) in [7, 11) is 0. The molecule has 0 aliphatic heterocycles. The Morgan fingerprint density at radius 2 is 2.04 bits per heavy atom. The zero-order valence-electron chi connectivity index (χ0n) is 12.8. The van der Waals surface area contributed by atoms with Gasteiger partial charge in [0.05, 0.1) is 15.4 Å². The standard InChI is InChI=1S/C19H15BrN2O2/c1-2-11-24-17-9-7-13(12-15(17)20)8-10-18-21-16-6-4-3-5-14(16)19(23)22-18/h2-10,12H,1,11H2,(H,21,22,23)/b10-8+. The number of nitrogens with one attached hydrogen (secondary N) is 1. The zero-order chi connectivity index (χ0) is 16.9. The fraction of sp³-hybridized carbons (Fsp3) is 0.0526. The number of aromatic nitrogens is 2. The maximum absolute atomic E-state index is 12.0. The van der Waals surface area contributed by atoms with Crippen LogP contribution in [-0.2, 0) is 0 Å². The highest BCUT2D eigenvalue weighted by atomic mass is 79.9. The van der Waals surface area contributed by atoms with Gasteiger partial charge in [-0.25, -0.2) is 4.98 Å². The molecule has 3 aromatic rings. The minimum Gasteiger partial charge on any atom is -0.488 e. The van der Waals surface area contributed by atoms with Gasteiger partial charge in [-0.1, -0.05) is 36.9 Å². The van der Waals surface area contributed by atoms with Crippen molar-refractivity contribution in [1.29, 1.82) is 0 Å². The largest absolute Gasteiger partial charge is 0.488 e. The van der Waals surface area contributed by atoms with Crippen LogP contribution in [0.1, 0.15) is 11.4 Å². The molecule has 0 aliphatic rings. The lowest BCUT2D eigenvalue weighted by atomic mass is 10.2. The van der Waals surface area contributed by atoms with Gasteiger partial charge in [0, 0.05) is 0 Å². The Bertz CT molecular complexity index is 977. The van der Waals surface area contributed by atoms with E-state index in [1.807, 2.05) is 42.5 Å². The van der Waals surface area contributed by atoms with E-state index < -0.39 is 0 Å². The highest BCUT2D eigenvalue weighted by molar-refractivity contribution is 9.10. The van der Waals surface area contributed by atoms with E-state index >= 15 is 0 Å². The quantitative estimate of drug-likeness (QED) is 0.664. The van der Waals surface area contributed by atoms with Crippen LogP contribution in [0, 0.1) is 0 Å². The molecule has 0 spiro atoms. The molecule has 1 aromatic heterocycles. The lowest BCUT2D eigenvalue weighted by molar-refractivity contribution is 0.361. The summed E-state index contributed by atoms with van der Waals surface area (Å²) in [5, 5.41) is 0.584. The molecular weight excluding hydrogens is 368 g/mol. The molecule has 0 saturated heterocycles. The third-order valence-corrected chi connectivity index (χ3v) is 4.00. The van der Waals surface area contributed by atoms with Gasteiger partial charge in [0.1, 0.15) is 18.2 Å². The van der Waals surface area contributed by atoms with E-state index in [4.69, 9.17) is 4.74 Å². The van der Waals surface area contributed by atoms with Gasteiger partial charge >= 0.3 is 0 Å². The van der Waals surface area contributed by atoms with E-state index in [-0.39, 0.29) is 5.56 Å². The molecule has 0 amide bonds. The SMILES string of the molecule is C=CCOc1ccc(/C=C/c2nc3ccccc3c(=O)[nH]2)cc1Br. The van der Waals surface area contributed by atoms with E-state index in [2.05, 4.69) is 32.5 Å². The molecule has 5 heteroatoms. The first-order valence-corrected chi connectivity index (χ1v) is 8.17. The number of halogens is 1. The highest BCUT2D eigenvalue weighted by Gasteiger charge is 2.02. The Balaban J connectivity index is 1.87. The first-order valence-electron chi connectivity index (χ1n) is 7.38. The van der Waals surface area contributed by atoms with Crippen LogP contribution in [-0.4, -0.2) is 16.6 Å². The highest BCUT2D eigenvalue weighted by Crippen LogP contribution is 2.26. The van der Waals surface area contributed by atoms with Crippen LogP contribution in [0.25, 0.3) is 23.1 Å². The smallest absolute Gasteiger partial charge is 0.259 e. The summed E-state index contributed by atoms with van der Waals surface area (Å²) in [4.78, 5) is 19.3. The molecular formula is C19H15BrN2O2. The topological polar surface area (TPSA) is 55.0 Å². The van der Waals surface area contributed by atoms with Gasteiger partial charge in [0.2, 0.25) is 0 Å². The van der Waals surface area contributed by atoms with Crippen molar-refractivity contribution in [2.45, 2.75) is 0 Å². The number of ether oxygens (including phenoxy) is 1. The first kappa shape index (κ1) is 16.2. The Morgan fingerprint density at radius 1 is 1.21 bits per heavy atom. The van der Waals surface area contributed by atoms with E-state index in [0.29, 0.717) is 23.3 Å². The van der Waals surface area contributed by atoms with Crippen LogP contribution in [0.15, 0.2) is 64.4 Å². The van der Waals surface area contributed by atoms with Gasteiger partial charge in [0.15, 0.2) is 0 Å². The van der Waals surface area contributed by atoms with Crippen molar-refractivity contribution in [2.75, 3.05) is 6.61 Å². The van der Waals surface area contributed by atoms with Crippen molar-refractivity contribution in [2.24, 2.45) is 0 Å². The average Bonchev–Trinajstić information content (AvgIpc) is 2.59. The predicted octanol–water partition coefficient (Wildman–Crippen LogP) is 4.42. The molecule has 2 aromatic carbocycles. The monoisotopic (exact) mass is 382 g/mol. The van der Waals surface area contributed by atoms with Gasteiger partial charge in [-0.2, -0.15) is 0 Å². The van der Waals surface area contributed by atoms with Crippen molar-refractivity contribution < 1.29 is 4.74 Å². The molecule has 3 rings (SSSR count). The number of H-pyrrole nitrogens is 1. The lowest BCUT2D eigenvalue weighted by Gasteiger charge is -2.06. The van der Waals surface area contributed by atoms with Crippen molar-refractivity contribution in [1.82, 2.24) is 9.97 Å². The minimum absolute atomic E-state index is 0.144. The predicted molar refractivity (Wildman–Crippen MR) is 101 cm³/mol. The van der Waals surface area contributed by atoms with Crippen LogP contribution in [0.2, 0.25) is 0 Å². The van der Waals surface area contributed by atoms with Crippen LogP contribution in [0.3, 0.4) is 0 Å². The van der Waals surface area contributed by atoms with Crippen LogP contribution in [0.4, 0.5) is 0 Å². The third kappa shape index (κ3) is 3.63. The number of nitrogens with zero attached hydrogens (tertiary/aromatic N) is 1. The second kappa shape index (κ2) is 7.27. The molecule has 1 heterocycles. The molecule has 4 nitrogen and oxygen atoms in total. The number of fused-ring (bicyclic) bond motifs is 1. The molecule has 24 heavy (non-hydrogen) atoms. The Morgan fingerprint density at radius 3 is 2.83 bits per heavy atom. The Hall–Kier alpha value is -2.66. The van der Waals surface area contributed by atoms with E-state index in [0.717, 1.165) is 15.8 Å². The van der Waals surface area contributed by atoms with Crippen LogP contribution >= 0.6 is 15.9 Å². The van der Waals surface area contributed by atoms with Crippen molar-refractivity contribution in [3.8, 4) is 5.75 Å². The van der Waals surface area contributed by atoms with Gasteiger partial charge in [-0.3, -0.25) is 4.79 Å². The summed E-state index contributed by atoms with van der Waals surface area (Å²) in [6.45, 7) is 4.08. The second-order valence-electron chi connectivity index (χ2n) is 5.09. The molecule has 0 unspecified atom stereocenters. The number of para-hydroxylation sites is 1. The number of benzene rings is 2. The third-order valence-electron chi connectivity index (χ3n) is 3.38. The van der Waals surface area contributed by atoms with Crippen LogP contribution < -0.4 is 10.3 Å². The summed E-state index contributed by atoms with van der Waals surface area (Å²) in [6, 6.07) is 13.0. The summed E-state index contributed by atoms with van der Waals surface area (Å²) in [5.41, 5.74) is 1.49. The summed E-state index contributed by atoms with van der Waals surface area (Å²) < 4.78 is 6.37. The molecule has 0 atom stereocenters. The molecule has 1 N–H and O–H groups in total. The van der Waals surface area contributed by atoms with Gasteiger partial charge in [-0.15, -0.1) is 0 Å². The number of hydrogen-bond acceptors (Lipinski definition) is 3. The normalized spacial score (nSPS) is 11.0. The van der Waals surface area contributed by atoms with E-state index in [9.17, 15) is 4.79 Å². The molecule has 120 valence electrons. The Kier molecular flexibility index (Phi) is 4.91. The summed E-state index contributed by atoms with van der Waals surface area (Å²) in [6.07, 6.45) is 5.36. The summed E-state index contributed by atoms with van der Waals surface area (Å²) >= 11 is 3.48. The van der Waals surface area contributed by atoms with Crippen molar-refractivity contribution in [3.63, 3.8) is 0 Å². The zero-order valence-corrected chi connectivity index (χ0v) is 14.4. The molecule has 0 radical (unpaired) electrons. The first-order chi connectivity index (χ1) is 11.7. The van der Waals surface area contributed by atoms with Gasteiger partial charge in [-0.05, 0) is 51.8 Å². The fourth-order valence-corrected chi connectivity index (χ4v) is 2.76. The van der Waals surface area contributed by atoms with Crippen LogP contribution in [0.5, 0.6) is 5.75 Å².